The molecule has 2 aromatic carbocycles. The maximum Gasteiger partial charge on any atom is 0.262 e. The van der Waals surface area contributed by atoms with Gasteiger partial charge in [-0.05, 0) is 80.5 Å². The van der Waals surface area contributed by atoms with Gasteiger partial charge in [0.05, 0.1) is 10.7 Å². The Hall–Kier alpha value is -2.56. The summed E-state index contributed by atoms with van der Waals surface area (Å²) in [5, 5.41) is 2.69. The number of hydrogen-bond acceptors (Lipinski definition) is 3. The van der Waals surface area contributed by atoms with Crippen molar-refractivity contribution in [3.05, 3.63) is 93.5 Å². The van der Waals surface area contributed by atoms with Gasteiger partial charge < -0.3 is 4.90 Å². The van der Waals surface area contributed by atoms with Crippen molar-refractivity contribution in [1.82, 2.24) is 0 Å². The molecule has 1 aromatic heterocycles. The van der Waals surface area contributed by atoms with Crippen LogP contribution in [-0.4, -0.2) is 6.54 Å². The fourth-order valence-corrected chi connectivity index (χ4v) is 7.29. The van der Waals surface area contributed by atoms with Crippen LogP contribution in [0.25, 0.3) is 16.3 Å². The fraction of sp³-hybridized carbons (Fsp3) is 0.344. The number of anilines is 1. The molecule has 0 fully saturated rings. The van der Waals surface area contributed by atoms with E-state index in [1.54, 1.807) is 0 Å². The number of rotatable bonds is 8. The van der Waals surface area contributed by atoms with Gasteiger partial charge in [0.2, 0.25) is 5.52 Å². The van der Waals surface area contributed by atoms with E-state index in [0.717, 1.165) is 25.9 Å². The number of para-hydroxylation sites is 1. The predicted molar refractivity (Wildman–Crippen MR) is 159 cm³/mol. The number of fused-ring (bicyclic) bond motifs is 2. The minimum Gasteiger partial charge on any atom is -0.335 e. The Bertz CT molecular complexity index is 1360. The third-order valence-electron chi connectivity index (χ3n) is 7.01. The van der Waals surface area contributed by atoms with E-state index in [-0.39, 0.29) is 0 Å². The zero-order valence-corrected chi connectivity index (χ0v) is 23.4. The Balaban J connectivity index is 1.37. The molecule has 0 unspecified atom stereocenters. The molecular formula is C32H37N2S2+. The highest BCUT2D eigenvalue weighted by atomic mass is 32.2. The van der Waals surface area contributed by atoms with Gasteiger partial charge in [0.1, 0.15) is 11.2 Å². The third-order valence-corrected chi connectivity index (χ3v) is 9.27. The number of aromatic nitrogens is 1. The van der Waals surface area contributed by atoms with E-state index < -0.39 is 0 Å². The van der Waals surface area contributed by atoms with E-state index in [9.17, 15) is 0 Å². The molecule has 2 aliphatic rings. The summed E-state index contributed by atoms with van der Waals surface area (Å²) in [5.74, 6) is 0. The molecule has 5 rings (SSSR count). The second-order valence-electron chi connectivity index (χ2n) is 9.74. The number of thiazole rings is 1. The smallest absolute Gasteiger partial charge is 0.262 e. The van der Waals surface area contributed by atoms with Crippen LogP contribution in [0.5, 0.6) is 0 Å². The number of hydrogen-bond donors (Lipinski definition) is 0. The summed E-state index contributed by atoms with van der Waals surface area (Å²) >= 11 is 3.80. The average molecular weight is 514 g/mol. The first kappa shape index (κ1) is 25.1. The molecule has 0 N–H and O–H groups in total. The summed E-state index contributed by atoms with van der Waals surface area (Å²) in [4.78, 5) is 3.93. The second kappa shape index (κ2) is 11.7. The number of thioether (sulfide) groups is 1. The van der Waals surface area contributed by atoms with Crippen molar-refractivity contribution in [3.63, 3.8) is 0 Å². The molecule has 2 heterocycles. The monoisotopic (exact) mass is 513 g/mol. The Kier molecular flexibility index (Phi) is 8.13. The average Bonchev–Trinajstić information content (AvgIpc) is 3.43. The molecule has 4 heteroatoms. The first-order chi connectivity index (χ1) is 17.7. The van der Waals surface area contributed by atoms with Crippen LogP contribution in [-0.2, 0) is 6.54 Å². The van der Waals surface area contributed by atoms with Crippen molar-refractivity contribution in [1.29, 1.82) is 0 Å². The molecule has 0 radical (unpaired) electrons. The van der Waals surface area contributed by atoms with Crippen LogP contribution >= 0.6 is 23.1 Å². The third kappa shape index (κ3) is 5.55. The molecule has 0 atom stereocenters. The van der Waals surface area contributed by atoms with Crippen molar-refractivity contribution in [2.24, 2.45) is 0 Å². The van der Waals surface area contributed by atoms with Gasteiger partial charge >= 0.3 is 0 Å². The zero-order valence-electron chi connectivity index (χ0n) is 21.8. The predicted octanol–water partition coefficient (Wildman–Crippen LogP) is 9.21. The summed E-state index contributed by atoms with van der Waals surface area (Å²) in [5.41, 5.74) is 6.93. The molecule has 2 nitrogen and oxygen atoms in total. The van der Waals surface area contributed by atoms with Crippen molar-refractivity contribution >= 4 is 45.1 Å². The van der Waals surface area contributed by atoms with Crippen molar-refractivity contribution in [2.75, 3.05) is 11.4 Å². The fourth-order valence-electron chi connectivity index (χ4n) is 5.09. The van der Waals surface area contributed by atoms with Crippen LogP contribution in [0.15, 0.2) is 87.8 Å². The van der Waals surface area contributed by atoms with Gasteiger partial charge in [-0.25, -0.2) is 0 Å². The standard InChI is InChI=1S/C32H37N2S2/c1-4-6-9-21-34-28-22-24(3)15-18-30(28)36-32(34)20-17-26-12-10-11-25(23-26)16-19-31-33(5-2)27-13-7-8-14-29(27)35-31/h7-8,13-20,22-23H,4-6,9-12,21H2,1-3H3/q+1. The normalized spacial score (nSPS) is 18.1. The van der Waals surface area contributed by atoms with Gasteiger partial charge in [0.25, 0.3) is 5.01 Å². The van der Waals surface area contributed by atoms with Gasteiger partial charge in [-0.3, -0.25) is 0 Å². The van der Waals surface area contributed by atoms with Gasteiger partial charge in [0.15, 0.2) is 0 Å². The van der Waals surface area contributed by atoms with E-state index in [0.29, 0.717) is 0 Å². The highest BCUT2D eigenvalue weighted by Gasteiger charge is 2.24. The minimum atomic E-state index is 0.996. The lowest BCUT2D eigenvalue weighted by molar-refractivity contribution is -0.665. The lowest BCUT2D eigenvalue weighted by Crippen LogP contribution is -2.33. The Morgan fingerprint density at radius 3 is 2.75 bits per heavy atom. The van der Waals surface area contributed by atoms with E-state index in [1.165, 1.54) is 73.2 Å². The van der Waals surface area contributed by atoms with Crippen LogP contribution in [0.3, 0.4) is 0 Å². The van der Waals surface area contributed by atoms with Gasteiger partial charge in [-0.1, -0.05) is 79.3 Å². The maximum atomic E-state index is 2.54. The molecule has 0 saturated heterocycles. The lowest BCUT2D eigenvalue weighted by Gasteiger charge is -2.20. The van der Waals surface area contributed by atoms with E-state index in [2.05, 4.69) is 103 Å². The Morgan fingerprint density at radius 2 is 1.89 bits per heavy atom. The molecule has 1 aliphatic heterocycles. The molecule has 1 aliphatic carbocycles. The van der Waals surface area contributed by atoms with Crippen LogP contribution in [0, 0.1) is 6.92 Å². The quantitative estimate of drug-likeness (QED) is 0.219. The van der Waals surface area contributed by atoms with Crippen LogP contribution in [0.4, 0.5) is 5.69 Å². The second-order valence-corrected chi connectivity index (χ2v) is 11.9. The van der Waals surface area contributed by atoms with E-state index in [1.807, 2.05) is 23.1 Å². The largest absolute Gasteiger partial charge is 0.335 e. The van der Waals surface area contributed by atoms with Crippen LogP contribution in [0.2, 0.25) is 0 Å². The maximum absolute atomic E-state index is 2.54. The molecule has 0 amide bonds. The molecule has 0 saturated carbocycles. The number of nitrogens with zero attached hydrogens (tertiary/aromatic N) is 2. The summed E-state index contributed by atoms with van der Waals surface area (Å²) in [6.07, 6.45) is 19.1. The van der Waals surface area contributed by atoms with Crippen LogP contribution < -0.4 is 9.47 Å². The van der Waals surface area contributed by atoms with E-state index >= 15 is 0 Å². The van der Waals surface area contributed by atoms with Gasteiger partial charge in [-0.2, -0.15) is 4.57 Å². The first-order valence-electron chi connectivity index (χ1n) is 13.4. The van der Waals surface area contributed by atoms with Crippen molar-refractivity contribution in [3.8, 4) is 0 Å². The van der Waals surface area contributed by atoms with Crippen molar-refractivity contribution in [2.45, 2.75) is 70.7 Å². The molecule has 0 bridgehead atoms. The molecular weight excluding hydrogens is 477 g/mol. The Labute approximate surface area is 224 Å². The highest BCUT2D eigenvalue weighted by Crippen LogP contribution is 2.46. The van der Waals surface area contributed by atoms with Gasteiger partial charge in [0, 0.05) is 23.6 Å². The lowest BCUT2D eigenvalue weighted by atomic mass is 9.94. The number of unbranched alkanes of at least 4 members (excludes halogenated alkanes) is 2. The molecule has 36 heavy (non-hydrogen) atoms. The highest BCUT2D eigenvalue weighted by molar-refractivity contribution is 8.03. The molecule has 3 aromatic rings. The first-order valence-corrected chi connectivity index (χ1v) is 15.1. The Morgan fingerprint density at radius 1 is 1.00 bits per heavy atom. The molecule has 0 spiro atoms. The summed E-state index contributed by atoms with van der Waals surface area (Å²) < 4.78 is 3.78. The molecule has 186 valence electrons. The van der Waals surface area contributed by atoms with Crippen molar-refractivity contribution < 1.29 is 4.57 Å². The summed E-state index contributed by atoms with van der Waals surface area (Å²) in [7, 11) is 0. The zero-order chi connectivity index (χ0) is 24.9. The number of benzene rings is 2. The van der Waals surface area contributed by atoms with E-state index in [4.69, 9.17) is 0 Å². The van der Waals surface area contributed by atoms with Crippen LogP contribution in [0.1, 0.15) is 62.9 Å². The topological polar surface area (TPSA) is 7.12 Å². The SMILES string of the molecule is CCCCCN1C(=CC=C2C=C(C=Cc3sc4ccccc4[n+]3CC)CCC2)Sc2ccc(C)cc21. The minimum absolute atomic E-state index is 0.996. The summed E-state index contributed by atoms with van der Waals surface area (Å²) in [6, 6.07) is 15.6. The summed E-state index contributed by atoms with van der Waals surface area (Å²) in [6.45, 7) is 8.80. The van der Waals surface area contributed by atoms with Gasteiger partial charge in [-0.15, -0.1) is 0 Å². The number of allylic oxidation sites excluding steroid dienone is 6. The number of aryl methyl sites for hydroxylation is 2.